The van der Waals surface area contributed by atoms with Crippen molar-refractivity contribution < 1.29 is 14.5 Å². The third-order valence-corrected chi connectivity index (χ3v) is 6.70. The van der Waals surface area contributed by atoms with Gasteiger partial charge in [-0.3, -0.25) is 14.9 Å². The van der Waals surface area contributed by atoms with Crippen LogP contribution in [0.5, 0.6) is 5.75 Å². The van der Waals surface area contributed by atoms with Crippen LogP contribution in [0.2, 0.25) is 0 Å². The van der Waals surface area contributed by atoms with Gasteiger partial charge in [0.25, 0.3) is 5.69 Å². The fourth-order valence-electron chi connectivity index (χ4n) is 4.15. The number of nitro benzene ring substituents is 1. The average Bonchev–Trinajstić information content (AvgIpc) is 3.24. The summed E-state index contributed by atoms with van der Waals surface area (Å²) >= 11 is 1.44. The maximum absolute atomic E-state index is 12.9. The smallest absolute Gasteiger partial charge is 0.269 e. The van der Waals surface area contributed by atoms with E-state index in [9.17, 15) is 14.9 Å². The summed E-state index contributed by atoms with van der Waals surface area (Å²) in [6, 6.07) is 13.8. The summed E-state index contributed by atoms with van der Waals surface area (Å²) in [6.45, 7) is 0. The van der Waals surface area contributed by atoms with Gasteiger partial charge in [-0.1, -0.05) is 36.0 Å². The Labute approximate surface area is 194 Å². The number of methoxy groups -OCH3 is 1. The number of fused-ring (bicyclic) bond motifs is 1. The number of nitrogens with one attached hydrogen (secondary N) is 1. The molecule has 1 aliphatic heterocycles. The van der Waals surface area contributed by atoms with E-state index in [1.165, 1.54) is 23.9 Å². The molecule has 0 bridgehead atoms. The number of nitrogens with zero attached hydrogens (tertiary/aromatic N) is 4. The van der Waals surface area contributed by atoms with Crippen molar-refractivity contribution in [3.05, 3.63) is 81.0 Å². The van der Waals surface area contributed by atoms with Gasteiger partial charge in [0.05, 0.1) is 12.0 Å². The van der Waals surface area contributed by atoms with Crippen LogP contribution in [0, 0.1) is 10.1 Å². The van der Waals surface area contributed by atoms with Crippen molar-refractivity contribution in [3.8, 4) is 5.75 Å². The number of Topliss-reactive ketones (excluding diaryl/α,β-unsaturated/α-hetero) is 1. The van der Waals surface area contributed by atoms with Gasteiger partial charge in [0.1, 0.15) is 11.8 Å². The number of ether oxygens (including phenoxy) is 1. The monoisotopic (exact) mass is 463 g/mol. The Morgan fingerprint density at radius 3 is 2.64 bits per heavy atom. The van der Waals surface area contributed by atoms with Gasteiger partial charge in [-0.2, -0.15) is 4.98 Å². The van der Waals surface area contributed by atoms with Crippen molar-refractivity contribution in [3.63, 3.8) is 0 Å². The van der Waals surface area contributed by atoms with Crippen molar-refractivity contribution in [2.45, 2.75) is 36.2 Å². The predicted octanol–water partition coefficient (Wildman–Crippen LogP) is 4.51. The predicted molar refractivity (Wildman–Crippen MR) is 123 cm³/mol. The van der Waals surface area contributed by atoms with E-state index in [0.29, 0.717) is 23.3 Å². The van der Waals surface area contributed by atoms with E-state index in [1.807, 2.05) is 24.3 Å². The normalized spacial score (nSPS) is 17.2. The number of nitro groups is 1. The number of benzene rings is 2. The highest BCUT2D eigenvalue weighted by Gasteiger charge is 2.36. The van der Waals surface area contributed by atoms with Crippen LogP contribution < -0.4 is 10.1 Å². The van der Waals surface area contributed by atoms with Gasteiger partial charge in [0.2, 0.25) is 11.1 Å². The van der Waals surface area contributed by atoms with E-state index in [0.717, 1.165) is 41.0 Å². The van der Waals surface area contributed by atoms with Crippen LogP contribution in [0.15, 0.2) is 65.0 Å². The number of aromatic nitrogens is 3. The van der Waals surface area contributed by atoms with Crippen LogP contribution in [0.3, 0.4) is 0 Å². The maximum Gasteiger partial charge on any atom is 0.269 e. The number of hydrogen-bond acceptors (Lipinski definition) is 8. The zero-order valence-corrected chi connectivity index (χ0v) is 18.7. The molecule has 2 aliphatic rings. The maximum atomic E-state index is 12.9. The molecule has 0 unspecified atom stereocenters. The lowest BCUT2D eigenvalue weighted by Crippen LogP contribution is -2.31. The SMILES string of the molecule is COc1ccc([C@H]2C3=C(CCCC3=O)Nc3nc(SCc4ccc([N+](=O)[O-])cc4)nn32)cc1. The summed E-state index contributed by atoms with van der Waals surface area (Å²) in [5, 5.41) is 19.5. The van der Waals surface area contributed by atoms with Crippen molar-refractivity contribution in [2.24, 2.45) is 0 Å². The minimum Gasteiger partial charge on any atom is -0.497 e. The number of thioether (sulfide) groups is 1. The Hall–Kier alpha value is -3.66. The summed E-state index contributed by atoms with van der Waals surface area (Å²) in [7, 11) is 1.62. The Morgan fingerprint density at radius 1 is 1.18 bits per heavy atom. The molecule has 3 aromatic rings. The minimum absolute atomic E-state index is 0.0622. The second-order valence-electron chi connectivity index (χ2n) is 7.84. The molecule has 33 heavy (non-hydrogen) atoms. The average molecular weight is 464 g/mol. The van der Waals surface area contributed by atoms with Crippen LogP contribution in [0.1, 0.15) is 36.4 Å². The Bertz CT molecular complexity index is 1250. The molecule has 168 valence electrons. The second-order valence-corrected chi connectivity index (χ2v) is 8.79. The molecule has 0 saturated carbocycles. The number of anilines is 1. The summed E-state index contributed by atoms with van der Waals surface area (Å²) in [5.74, 6) is 2.05. The Kier molecular flexibility index (Phi) is 5.59. The standard InChI is InChI=1S/C23H21N5O4S/c1-32-17-11-7-15(8-12-17)21-20-18(3-2-4-19(20)29)24-22-25-23(26-27(21)22)33-13-14-5-9-16(10-6-14)28(30)31/h5-12,21H,2-4,13H2,1H3,(H,24,25,26)/t21-/m0/s1. The summed E-state index contributed by atoms with van der Waals surface area (Å²) in [6.07, 6.45) is 2.14. The number of ketones is 1. The number of carbonyl (C=O) groups excluding carboxylic acids is 1. The Balaban J connectivity index is 1.44. The van der Waals surface area contributed by atoms with Crippen molar-refractivity contribution in [1.82, 2.24) is 14.8 Å². The zero-order valence-electron chi connectivity index (χ0n) is 17.9. The van der Waals surface area contributed by atoms with E-state index >= 15 is 0 Å². The molecule has 0 fully saturated rings. The lowest BCUT2D eigenvalue weighted by molar-refractivity contribution is -0.384. The molecule has 2 aromatic carbocycles. The van der Waals surface area contributed by atoms with Gasteiger partial charge in [0, 0.05) is 35.6 Å². The van der Waals surface area contributed by atoms with E-state index in [4.69, 9.17) is 9.84 Å². The molecule has 9 nitrogen and oxygen atoms in total. The number of non-ortho nitro benzene ring substituents is 1. The molecule has 0 radical (unpaired) electrons. The van der Waals surface area contributed by atoms with E-state index in [-0.39, 0.29) is 17.5 Å². The summed E-state index contributed by atoms with van der Waals surface area (Å²) in [5.41, 5.74) is 3.60. The summed E-state index contributed by atoms with van der Waals surface area (Å²) < 4.78 is 7.07. The molecular weight excluding hydrogens is 442 g/mol. The summed E-state index contributed by atoms with van der Waals surface area (Å²) in [4.78, 5) is 28.0. The number of allylic oxidation sites excluding steroid dienone is 2. The molecule has 0 saturated heterocycles. The first-order valence-electron chi connectivity index (χ1n) is 10.5. The van der Waals surface area contributed by atoms with Crippen molar-refractivity contribution in [1.29, 1.82) is 0 Å². The quantitative estimate of drug-likeness (QED) is 0.323. The minimum atomic E-state index is -0.414. The second kappa shape index (κ2) is 8.70. The van der Waals surface area contributed by atoms with Crippen LogP contribution in [-0.2, 0) is 10.5 Å². The highest BCUT2D eigenvalue weighted by molar-refractivity contribution is 7.98. The number of hydrogen-bond donors (Lipinski definition) is 1. The molecule has 5 rings (SSSR count). The van der Waals surface area contributed by atoms with E-state index in [1.54, 1.807) is 23.9 Å². The van der Waals surface area contributed by atoms with Crippen molar-refractivity contribution >= 4 is 29.2 Å². The highest BCUT2D eigenvalue weighted by Crippen LogP contribution is 2.41. The van der Waals surface area contributed by atoms with Gasteiger partial charge in [-0.05, 0) is 36.1 Å². The Morgan fingerprint density at radius 2 is 1.94 bits per heavy atom. The molecule has 1 aromatic heterocycles. The molecule has 2 heterocycles. The van der Waals surface area contributed by atoms with Crippen LogP contribution >= 0.6 is 11.8 Å². The van der Waals surface area contributed by atoms with Crippen LogP contribution in [0.4, 0.5) is 11.6 Å². The third kappa shape index (κ3) is 4.09. The molecule has 1 aliphatic carbocycles. The van der Waals surface area contributed by atoms with Gasteiger partial charge < -0.3 is 10.1 Å². The fourth-order valence-corrected chi connectivity index (χ4v) is 4.94. The lowest BCUT2D eigenvalue weighted by Gasteiger charge is -2.32. The molecular formula is C23H21N5O4S. The van der Waals surface area contributed by atoms with Gasteiger partial charge in [-0.15, -0.1) is 5.10 Å². The van der Waals surface area contributed by atoms with Gasteiger partial charge >= 0.3 is 0 Å². The third-order valence-electron chi connectivity index (χ3n) is 5.80. The number of carbonyl (C=O) groups is 1. The molecule has 10 heteroatoms. The van der Waals surface area contributed by atoms with Gasteiger partial charge in [-0.25, -0.2) is 4.68 Å². The van der Waals surface area contributed by atoms with Crippen LogP contribution in [0.25, 0.3) is 0 Å². The largest absolute Gasteiger partial charge is 0.497 e. The van der Waals surface area contributed by atoms with Crippen LogP contribution in [-0.4, -0.2) is 32.6 Å². The first kappa shape index (κ1) is 21.2. The molecule has 0 spiro atoms. The first-order valence-corrected chi connectivity index (χ1v) is 11.5. The van der Waals surface area contributed by atoms with Crippen molar-refractivity contribution in [2.75, 3.05) is 12.4 Å². The molecule has 1 atom stereocenters. The highest BCUT2D eigenvalue weighted by atomic mass is 32.2. The van der Waals surface area contributed by atoms with E-state index in [2.05, 4.69) is 10.3 Å². The van der Waals surface area contributed by atoms with E-state index < -0.39 is 4.92 Å². The van der Waals surface area contributed by atoms with Gasteiger partial charge in [0.15, 0.2) is 5.78 Å². The first-order chi connectivity index (χ1) is 16.0. The topological polar surface area (TPSA) is 112 Å². The fraction of sp³-hybridized carbons (Fsp3) is 0.261. The molecule has 0 amide bonds. The molecule has 1 N–H and O–H groups in total. The number of rotatable bonds is 6. The lowest BCUT2D eigenvalue weighted by atomic mass is 9.85. The zero-order chi connectivity index (χ0) is 22.9.